The maximum Gasteiger partial charge on any atom is 0.271 e. The highest BCUT2D eigenvalue weighted by atomic mass is 32.2. The molecule has 0 saturated heterocycles. The van der Waals surface area contributed by atoms with Gasteiger partial charge in [0.2, 0.25) is 15.9 Å². The van der Waals surface area contributed by atoms with Gasteiger partial charge >= 0.3 is 0 Å². The molecule has 0 fully saturated rings. The molecule has 2 rings (SSSR count). The minimum atomic E-state index is -3.57. The summed E-state index contributed by atoms with van der Waals surface area (Å²) in [5, 5.41) is 13.4. The smallest absolute Gasteiger partial charge is 0.271 e. The number of methoxy groups -OCH3 is 1. The summed E-state index contributed by atoms with van der Waals surface area (Å²) in [5.74, 6) is 0.102. The van der Waals surface area contributed by atoms with Gasteiger partial charge in [0.1, 0.15) is 5.75 Å². The van der Waals surface area contributed by atoms with Crippen LogP contribution in [0.2, 0.25) is 0 Å². The first kappa shape index (κ1) is 20.3. The maximum absolute atomic E-state index is 12.3. The minimum absolute atomic E-state index is 0.159. The van der Waals surface area contributed by atoms with Crippen molar-refractivity contribution in [3.63, 3.8) is 0 Å². The van der Waals surface area contributed by atoms with Gasteiger partial charge in [-0.05, 0) is 23.8 Å². The Labute approximate surface area is 156 Å². The van der Waals surface area contributed by atoms with Gasteiger partial charge < -0.3 is 10.1 Å². The fourth-order valence-corrected chi connectivity index (χ4v) is 3.15. The van der Waals surface area contributed by atoms with E-state index in [1.165, 1.54) is 31.4 Å². The lowest BCUT2D eigenvalue weighted by Gasteiger charge is -2.18. The third-order valence-corrected chi connectivity index (χ3v) is 4.32. The van der Waals surface area contributed by atoms with Crippen LogP contribution in [0.4, 0.5) is 11.4 Å². The van der Waals surface area contributed by atoms with Crippen LogP contribution < -0.4 is 14.8 Å². The van der Waals surface area contributed by atoms with E-state index in [0.717, 1.165) is 6.26 Å². The number of non-ortho nitro benzene ring substituents is 1. The first-order valence-corrected chi connectivity index (χ1v) is 9.72. The largest absolute Gasteiger partial charge is 0.497 e. The average molecular weight is 393 g/mol. The number of rotatable bonds is 8. The molecule has 2 aromatic carbocycles. The highest BCUT2D eigenvalue weighted by Crippen LogP contribution is 2.23. The van der Waals surface area contributed by atoms with Crippen molar-refractivity contribution in [2.24, 2.45) is 0 Å². The second-order valence-corrected chi connectivity index (χ2v) is 7.56. The highest BCUT2D eigenvalue weighted by molar-refractivity contribution is 7.88. The molecular weight excluding hydrogens is 374 g/mol. The molecule has 1 amide bonds. The predicted molar refractivity (Wildman–Crippen MR) is 100 cm³/mol. The van der Waals surface area contributed by atoms with Gasteiger partial charge in [0.25, 0.3) is 5.69 Å². The van der Waals surface area contributed by atoms with Gasteiger partial charge in [-0.3, -0.25) is 14.9 Å². The predicted octanol–water partition coefficient (Wildman–Crippen LogP) is 2.22. The van der Waals surface area contributed by atoms with Crippen LogP contribution in [0.3, 0.4) is 0 Å². The number of sulfonamides is 1. The molecule has 27 heavy (non-hydrogen) atoms. The van der Waals surface area contributed by atoms with E-state index in [4.69, 9.17) is 4.74 Å². The van der Waals surface area contributed by atoms with E-state index in [9.17, 15) is 23.3 Å². The number of nitrogens with one attached hydrogen (secondary N) is 2. The fraction of sp³-hybridized carbons (Fsp3) is 0.235. The van der Waals surface area contributed by atoms with Crippen molar-refractivity contribution in [3.8, 4) is 5.75 Å². The van der Waals surface area contributed by atoms with Gasteiger partial charge in [-0.2, -0.15) is 0 Å². The van der Waals surface area contributed by atoms with Crippen LogP contribution in [0.25, 0.3) is 0 Å². The Kier molecular flexibility index (Phi) is 6.48. The van der Waals surface area contributed by atoms with Crippen molar-refractivity contribution in [3.05, 3.63) is 64.2 Å². The normalized spacial score (nSPS) is 12.2. The maximum atomic E-state index is 12.3. The van der Waals surface area contributed by atoms with Crippen molar-refractivity contribution in [2.45, 2.75) is 12.5 Å². The summed E-state index contributed by atoms with van der Waals surface area (Å²) in [5.41, 5.74) is 0.672. The van der Waals surface area contributed by atoms with Crippen molar-refractivity contribution >= 4 is 27.3 Å². The SMILES string of the molecule is COc1ccc([C@@H](CC(=O)Nc2cccc([N+](=O)[O-])c2)NS(C)(=O)=O)cc1. The van der Waals surface area contributed by atoms with Crippen LogP contribution in [0.15, 0.2) is 48.5 Å². The summed E-state index contributed by atoms with van der Waals surface area (Å²) in [6.07, 6.45) is 0.810. The number of nitro groups is 1. The van der Waals surface area contributed by atoms with E-state index in [1.807, 2.05) is 0 Å². The summed E-state index contributed by atoms with van der Waals surface area (Å²) in [7, 11) is -2.07. The van der Waals surface area contributed by atoms with Gasteiger partial charge in [-0.25, -0.2) is 13.1 Å². The second kappa shape index (κ2) is 8.60. The van der Waals surface area contributed by atoms with Gasteiger partial charge in [0.05, 0.1) is 24.3 Å². The van der Waals surface area contributed by atoms with E-state index >= 15 is 0 Å². The lowest BCUT2D eigenvalue weighted by molar-refractivity contribution is -0.384. The summed E-state index contributed by atoms with van der Waals surface area (Å²) in [6.45, 7) is 0. The van der Waals surface area contributed by atoms with Crippen LogP contribution in [-0.4, -0.2) is 32.6 Å². The highest BCUT2D eigenvalue weighted by Gasteiger charge is 2.20. The van der Waals surface area contributed by atoms with Crippen LogP contribution in [0, 0.1) is 10.1 Å². The molecule has 0 bridgehead atoms. The Balaban J connectivity index is 2.17. The molecule has 0 aliphatic carbocycles. The number of benzene rings is 2. The average Bonchev–Trinajstić information content (AvgIpc) is 2.60. The van der Waals surface area contributed by atoms with Crippen LogP contribution >= 0.6 is 0 Å². The standard InChI is InChI=1S/C17H19N3O6S/c1-26-15-8-6-12(7-9-15)16(19-27(2,24)25)11-17(21)18-13-4-3-5-14(10-13)20(22)23/h3-10,16,19H,11H2,1-2H3,(H,18,21)/t16-/m1/s1. The first-order chi connectivity index (χ1) is 12.7. The molecule has 9 nitrogen and oxygen atoms in total. The summed E-state index contributed by atoms with van der Waals surface area (Å²) in [6, 6.07) is 11.3. The minimum Gasteiger partial charge on any atom is -0.497 e. The number of anilines is 1. The second-order valence-electron chi connectivity index (χ2n) is 5.78. The zero-order valence-electron chi connectivity index (χ0n) is 14.7. The number of hydrogen-bond donors (Lipinski definition) is 2. The van der Waals surface area contributed by atoms with Crippen LogP contribution in [0.5, 0.6) is 5.75 Å². The monoisotopic (exact) mass is 393 g/mol. The van der Waals surface area contributed by atoms with Crippen LogP contribution in [0.1, 0.15) is 18.0 Å². The van der Waals surface area contributed by atoms with Crippen molar-refractivity contribution < 1.29 is 22.9 Å². The number of carbonyl (C=O) groups is 1. The number of hydrogen-bond acceptors (Lipinski definition) is 6. The topological polar surface area (TPSA) is 128 Å². The molecule has 0 saturated carbocycles. The summed E-state index contributed by atoms with van der Waals surface area (Å²) < 4.78 is 30.8. The van der Waals surface area contributed by atoms with Crippen LogP contribution in [-0.2, 0) is 14.8 Å². The number of ether oxygens (including phenoxy) is 1. The Morgan fingerprint density at radius 2 is 1.89 bits per heavy atom. The fourth-order valence-electron chi connectivity index (χ4n) is 2.42. The third kappa shape index (κ3) is 6.35. The van der Waals surface area contributed by atoms with E-state index in [2.05, 4.69) is 10.0 Å². The number of amides is 1. The molecule has 2 N–H and O–H groups in total. The Morgan fingerprint density at radius 3 is 2.44 bits per heavy atom. The molecule has 0 aliphatic rings. The van der Waals surface area contributed by atoms with Gasteiger partial charge in [-0.15, -0.1) is 0 Å². The number of carbonyl (C=O) groups excluding carboxylic acids is 1. The van der Waals surface area contributed by atoms with Crippen molar-refractivity contribution in [1.29, 1.82) is 0 Å². The molecule has 0 aliphatic heterocycles. The molecule has 0 unspecified atom stereocenters. The van der Waals surface area contributed by atoms with Gasteiger partial charge in [0.15, 0.2) is 0 Å². The molecule has 144 valence electrons. The summed E-state index contributed by atoms with van der Waals surface area (Å²) >= 11 is 0. The molecule has 0 radical (unpaired) electrons. The van der Waals surface area contributed by atoms with Crippen molar-refractivity contribution in [2.75, 3.05) is 18.7 Å². The Bertz CT molecular complexity index is 928. The van der Waals surface area contributed by atoms with Gasteiger partial charge in [-0.1, -0.05) is 18.2 Å². The molecule has 2 aromatic rings. The van der Waals surface area contributed by atoms with Crippen molar-refractivity contribution in [1.82, 2.24) is 4.72 Å². The van der Waals surface area contributed by atoms with Gasteiger partial charge in [0, 0.05) is 24.2 Å². The Morgan fingerprint density at radius 1 is 1.22 bits per heavy atom. The zero-order chi connectivity index (χ0) is 20.0. The molecule has 10 heteroatoms. The molecule has 0 spiro atoms. The Hall–Kier alpha value is -2.98. The molecule has 0 heterocycles. The zero-order valence-corrected chi connectivity index (χ0v) is 15.5. The lowest BCUT2D eigenvalue weighted by atomic mass is 10.0. The molecular formula is C17H19N3O6S. The first-order valence-electron chi connectivity index (χ1n) is 7.83. The number of nitro benzene ring substituents is 1. The quantitative estimate of drug-likeness (QED) is 0.523. The third-order valence-electron chi connectivity index (χ3n) is 3.60. The summed E-state index contributed by atoms with van der Waals surface area (Å²) in [4.78, 5) is 22.6. The van der Waals surface area contributed by atoms with E-state index in [0.29, 0.717) is 11.3 Å². The van der Waals surface area contributed by atoms with E-state index < -0.39 is 26.9 Å². The number of nitrogens with zero attached hydrogens (tertiary/aromatic N) is 1. The molecule has 1 atom stereocenters. The van der Waals surface area contributed by atoms with E-state index in [-0.39, 0.29) is 17.8 Å². The molecule has 0 aromatic heterocycles. The lowest BCUT2D eigenvalue weighted by Crippen LogP contribution is -2.30. The van der Waals surface area contributed by atoms with E-state index in [1.54, 1.807) is 24.3 Å².